The zero-order valence-corrected chi connectivity index (χ0v) is 11.5. The summed E-state index contributed by atoms with van der Waals surface area (Å²) in [5.74, 6) is -0.907. The molecule has 1 atom stereocenters. The van der Waals surface area contributed by atoms with Crippen LogP contribution in [0, 0.1) is 0 Å². The van der Waals surface area contributed by atoms with Crippen LogP contribution in [0.1, 0.15) is 20.3 Å². The molecular weight excluding hydrogens is 260 g/mol. The number of oxazole rings is 1. The predicted molar refractivity (Wildman–Crippen MR) is 74.4 cm³/mol. The lowest BCUT2D eigenvalue weighted by atomic mass is 10.0. The van der Waals surface area contributed by atoms with Crippen LogP contribution in [0.25, 0.3) is 11.1 Å². The molecule has 20 heavy (non-hydrogen) atoms. The summed E-state index contributed by atoms with van der Waals surface area (Å²) in [6, 6.07) is 6.92. The van der Waals surface area contributed by atoms with Gasteiger partial charge in [0, 0.05) is 6.54 Å². The third kappa shape index (κ3) is 3.08. The minimum absolute atomic E-state index is 0.129. The largest absolute Gasteiger partial charge is 0.420 e. The standard InChI is InChI=1S/C14H18N2O4/c1-3-14(2,19)9-15-12(17)8-16-10-6-4-5-7-11(10)20-13(16)18/h4-7,19H,3,8-9H2,1-2H3,(H,15,17). The van der Waals surface area contributed by atoms with Crippen molar-refractivity contribution in [1.82, 2.24) is 9.88 Å². The summed E-state index contributed by atoms with van der Waals surface area (Å²) >= 11 is 0. The zero-order valence-electron chi connectivity index (χ0n) is 11.5. The Hall–Kier alpha value is -2.08. The van der Waals surface area contributed by atoms with Gasteiger partial charge in [0.1, 0.15) is 6.54 Å². The van der Waals surface area contributed by atoms with Crippen molar-refractivity contribution < 1.29 is 14.3 Å². The lowest BCUT2D eigenvalue weighted by molar-refractivity contribution is -0.122. The second-order valence-electron chi connectivity index (χ2n) is 5.05. The highest BCUT2D eigenvalue weighted by Crippen LogP contribution is 2.11. The fraction of sp³-hybridized carbons (Fsp3) is 0.429. The lowest BCUT2D eigenvalue weighted by Crippen LogP contribution is -2.41. The van der Waals surface area contributed by atoms with E-state index >= 15 is 0 Å². The van der Waals surface area contributed by atoms with Crippen molar-refractivity contribution in [2.45, 2.75) is 32.4 Å². The Labute approximate surface area is 116 Å². The van der Waals surface area contributed by atoms with Crippen LogP contribution in [0.2, 0.25) is 0 Å². The van der Waals surface area contributed by atoms with Gasteiger partial charge in [-0.3, -0.25) is 9.36 Å². The number of hydrogen-bond donors (Lipinski definition) is 2. The van der Waals surface area contributed by atoms with E-state index in [2.05, 4.69) is 5.32 Å². The number of nitrogens with zero attached hydrogens (tertiary/aromatic N) is 1. The molecular formula is C14H18N2O4. The average Bonchev–Trinajstić information content (AvgIpc) is 2.73. The van der Waals surface area contributed by atoms with Gasteiger partial charge in [0.05, 0.1) is 11.1 Å². The molecule has 6 heteroatoms. The van der Waals surface area contributed by atoms with Crippen LogP contribution in [0.4, 0.5) is 0 Å². The summed E-state index contributed by atoms with van der Waals surface area (Å²) < 4.78 is 6.31. The molecule has 0 saturated carbocycles. The smallest absolute Gasteiger partial charge is 0.408 e. The molecule has 0 aliphatic rings. The molecule has 1 aromatic heterocycles. The number of rotatable bonds is 5. The van der Waals surface area contributed by atoms with Crippen LogP contribution in [0.15, 0.2) is 33.5 Å². The quantitative estimate of drug-likeness (QED) is 0.850. The maximum atomic E-state index is 11.8. The normalized spacial score (nSPS) is 14.2. The fourth-order valence-electron chi connectivity index (χ4n) is 1.78. The van der Waals surface area contributed by atoms with E-state index in [4.69, 9.17) is 4.42 Å². The second kappa shape index (κ2) is 5.50. The number of para-hydroxylation sites is 2. The molecule has 6 nitrogen and oxygen atoms in total. The van der Waals surface area contributed by atoms with Crippen molar-refractivity contribution in [3.63, 3.8) is 0 Å². The van der Waals surface area contributed by atoms with Gasteiger partial charge in [0.15, 0.2) is 5.58 Å². The van der Waals surface area contributed by atoms with Crippen molar-refractivity contribution in [2.75, 3.05) is 6.54 Å². The van der Waals surface area contributed by atoms with Crippen molar-refractivity contribution in [2.24, 2.45) is 0 Å². The van der Waals surface area contributed by atoms with Crippen LogP contribution in [-0.4, -0.2) is 27.7 Å². The van der Waals surface area contributed by atoms with E-state index in [0.717, 1.165) is 0 Å². The molecule has 0 radical (unpaired) electrons. The first-order valence-corrected chi connectivity index (χ1v) is 6.50. The number of amides is 1. The Morgan fingerprint density at radius 2 is 2.15 bits per heavy atom. The van der Waals surface area contributed by atoms with E-state index in [1.165, 1.54) is 4.57 Å². The van der Waals surface area contributed by atoms with E-state index in [1.807, 2.05) is 6.92 Å². The SMILES string of the molecule is CCC(C)(O)CNC(=O)Cn1c(=O)oc2ccccc21. The third-order valence-electron chi connectivity index (χ3n) is 3.30. The number of nitrogens with one attached hydrogen (secondary N) is 1. The topological polar surface area (TPSA) is 84.5 Å². The van der Waals surface area contributed by atoms with Gasteiger partial charge in [-0.15, -0.1) is 0 Å². The highest BCUT2D eigenvalue weighted by Gasteiger charge is 2.19. The summed E-state index contributed by atoms with van der Waals surface area (Å²) in [6.07, 6.45) is 0.530. The molecule has 1 unspecified atom stereocenters. The Balaban J connectivity index is 2.11. The zero-order chi connectivity index (χ0) is 14.8. The fourth-order valence-corrected chi connectivity index (χ4v) is 1.78. The van der Waals surface area contributed by atoms with E-state index in [-0.39, 0.29) is 19.0 Å². The molecule has 0 aliphatic carbocycles. The van der Waals surface area contributed by atoms with Crippen molar-refractivity contribution in [3.8, 4) is 0 Å². The molecule has 1 aromatic carbocycles. The van der Waals surface area contributed by atoms with Crippen molar-refractivity contribution in [3.05, 3.63) is 34.8 Å². The van der Waals surface area contributed by atoms with Crippen molar-refractivity contribution in [1.29, 1.82) is 0 Å². The molecule has 0 fully saturated rings. The molecule has 0 bridgehead atoms. The third-order valence-corrected chi connectivity index (χ3v) is 3.30. The van der Waals surface area contributed by atoms with Gasteiger partial charge in [-0.1, -0.05) is 19.1 Å². The van der Waals surface area contributed by atoms with Gasteiger partial charge in [-0.2, -0.15) is 0 Å². The summed E-state index contributed by atoms with van der Waals surface area (Å²) in [7, 11) is 0. The van der Waals surface area contributed by atoms with E-state index < -0.39 is 11.4 Å². The highest BCUT2D eigenvalue weighted by atomic mass is 16.4. The number of hydrogen-bond acceptors (Lipinski definition) is 4. The Bertz CT molecular complexity index is 669. The Morgan fingerprint density at radius 1 is 1.45 bits per heavy atom. The number of benzene rings is 1. The summed E-state index contributed by atoms with van der Waals surface area (Å²) in [4.78, 5) is 23.5. The van der Waals surface area contributed by atoms with Crippen LogP contribution >= 0.6 is 0 Å². The average molecular weight is 278 g/mol. The number of carbonyl (C=O) groups is 1. The number of aromatic nitrogens is 1. The molecule has 2 aromatic rings. The molecule has 1 heterocycles. The molecule has 108 valence electrons. The summed E-state index contributed by atoms with van der Waals surface area (Å²) in [5, 5.41) is 12.4. The number of carbonyl (C=O) groups excluding carboxylic acids is 1. The first-order valence-electron chi connectivity index (χ1n) is 6.50. The van der Waals surface area contributed by atoms with Crippen LogP contribution in [0.5, 0.6) is 0 Å². The van der Waals surface area contributed by atoms with Gasteiger partial charge < -0.3 is 14.8 Å². The van der Waals surface area contributed by atoms with Gasteiger partial charge in [-0.25, -0.2) is 4.79 Å². The first kappa shape index (κ1) is 14.3. The maximum absolute atomic E-state index is 11.8. The van der Waals surface area contributed by atoms with Gasteiger partial charge in [-0.05, 0) is 25.5 Å². The Kier molecular flexibility index (Phi) is 3.94. The van der Waals surface area contributed by atoms with Crippen molar-refractivity contribution >= 4 is 17.0 Å². The molecule has 2 rings (SSSR count). The monoisotopic (exact) mass is 278 g/mol. The van der Waals surface area contributed by atoms with E-state index in [0.29, 0.717) is 17.5 Å². The molecule has 2 N–H and O–H groups in total. The Morgan fingerprint density at radius 3 is 2.85 bits per heavy atom. The van der Waals surface area contributed by atoms with Crippen LogP contribution in [0.3, 0.4) is 0 Å². The van der Waals surface area contributed by atoms with E-state index in [1.54, 1.807) is 31.2 Å². The molecule has 0 aliphatic heterocycles. The summed E-state index contributed by atoms with van der Waals surface area (Å²) in [5.41, 5.74) is 0.0831. The lowest BCUT2D eigenvalue weighted by Gasteiger charge is -2.21. The maximum Gasteiger partial charge on any atom is 0.420 e. The minimum atomic E-state index is -0.945. The molecule has 0 saturated heterocycles. The van der Waals surface area contributed by atoms with Gasteiger partial charge in [0.2, 0.25) is 5.91 Å². The number of fused-ring (bicyclic) bond motifs is 1. The van der Waals surface area contributed by atoms with Crippen LogP contribution in [-0.2, 0) is 11.3 Å². The highest BCUT2D eigenvalue weighted by molar-refractivity contribution is 5.79. The van der Waals surface area contributed by atoms with Gasteiger partial charge in [0.25, 0.3) is 0 Å². The van der Waals surface area contributed by atoms with E-state index in [9.17, 15) is 14.7 Å². The molecule has 1 amide bonds. The summed E-state index contributed by atoms with van der Waals surface area (Å²) in [6.45, 7) is 3.50. The number of aliphatic hydroxyl groups is 1. The van der Waals surface area contributed by atoms with Gasteiger partial charge >= 0.3 is 5.76 Å². The van der Waals surface area contributed by atoms with Crippen LogP contribution < -0.4 is 11.1 Å². The second-order valence-corrected chi connectivity index (χ2v) is 5.05. The predicted octanol–water partition coefficient (Wildman–Crippen LogP) is 0.872. The minimum Gasteiger partial charge on any atom is -0.408 e. The molecule has 0 spiro atoms. The first-order chi connectivity index (χ1) is 9.43.